The average Bonchev–Trinajstić information content (AvgIpc) is 4.11. The molecule has 0 spiro atoms. The van der Waals surface area contributed by atoms with Gasteiger partial charge in [0.1, 0.15) is 29.2 Å². The largest absolute Gasteiger partial charge is 0.497 e. The van der Waals surface area contributed by atoms with Crippen LogP contribution in [-0.2, 0) is 30.1 Å². The van der Waals surface area contributed by atoms with Gasteiger partial charge in [-0.15, -0.1) is 6.58 Å². The van der Waals surface area contributed by atoms with E-state index in [0.717, 1.165) is 60.2 Å². The number of piperidine rings is 1. The van der Waals surface area contributed by atoms with Gasteiger partial charge in [-0.2, -0.15) is 0 Å². The van der Waals surface area contributed by atoms with Crippen molar-refractivity contribution in [2.75, 3.05) is 26.7 Å². The Hall–Kier alpha value is -4.98. The molecular weight excluding hydrogens is 771 g/mol. The van der Waals surface area contributed by atoms with E-state index in [1.165, 1.54) is 0 Å². The van der Waals surface area contributed by atoms with Crippen LogP contribution in [0.4, 0.5) is 0 Å². The van der Waals surface area contributed by atoms with Crippen LogP contribution in [-0.4, -0.2) is 102 Å². The molecule has 5 fully saturated rings. The topological polar surface area (TPSA) is 156 Å². The molecule has 1 N–H and O–H groups in total. The van der Waals surface area contributed by atoms with Gasteiger partial charge in [0.15, 0.2) is 0 Å². The quantitative estimate of drug-likeness (QED) is 0.151. The minimum Gasteiger partial charge on any atom is -0.497 e. The van der Waals surface area contributed by atoms with Gasteiger partial charge < -0.3 is 24.6 Å². The van der Waals surface area contributed by atoms with Crippen LogP contribution < -0.4 is 14.8 Å². The Kier molecular flexibility index (Phi) is 12.0. The molecule has 0 radical (unpaired) electrons. The van der Waals surface area contributed by atoms with Gasteiger partial charge in [-0.25, -0.2) is 17.7 Å². The number of carbonyl (C=O) groups is 4. The van der Waals surface area contributed by atoms with Crippen molar-refractivity contribution < 1.29 is 37.1 Å². The molecule has 0 bridgehead atoms. The highest BCUT2D eigenvalue weighted by Crippen LogP contribution is 2.48. The molecule has 4 amide bonds. The van der Waals surface area contributed by atoms with Crippen molar-refractivity contribution in [2.45, 2.75) is 107 Å². The summed E-state index contributed by atoms with van der Waals surface area (Å²) in [5.41, 5.74) is 0.724. The number of thiol groups is 1. The minimum absolute atomic E-state index is 0.0376. The van der Waals surface area contributed by atoms with Gasteiger partial charge in [-0.1, -0.05) is 62.1 Å². The third kappa shape index (κ3) is 8.69. The Balaban J connectivity index is 1.12. The monoisotopic (exact) mass is 825 g/mol. The summed E-state index contributed by atoms with van der Waals surface area (Å²) in [6, 6.07) is 15.7. The predicted molar refractivity (Wildman–Crippen MR) is 223 cm³/mol. The summed E-state index contributed by atoms with van der Waals surface area (Å²) in [6.07, 6.45) is 10.1. The van der Waals surface area contributed by atoms with E-state index in [-0.39, 0.29) is 37.6 Å². The highest BCUT2D eigenvalue weighted by Gasteiger charge is 2.63. The molecule has 59 heavy (non-hydrogen) atoms. The van der Waals surface area contributed by atoms with Gasteiger partial charge in [0.05, 0.1) is 24.9 Å². The van der Waals surface area contributed by atoms with Crippen LogP contribution in [0.2, 0.25) is 0 Å². The average molecular weight is 826 g/mol. The zero-order valence-corrected chi connectivity index (χ0v) is 34.7. The molecule has 2 aromatic carbocycles. The maximum absolute atomic E-state index is 15.0. The lowest BCUT2D eigenvalue weighted by atomic mass is 9.89. The summed E-state index contributed by atoms with van der Waals surface area (Å²) in [4.78, 5) is 65.9. The Morgan fingerprint density at radius 3 is 2.41 bits per heavy atom. The fourth-order valence-corrected chi connectivity index (χ4v) is 10.4. The van der Waals surface area contributed by atoms with E-state index in [1.54, 1.807) is 18.1 Å². The first-order valence-corrected chi connectivity index (χ1v) is 22.4. The molecule has 314 valence electrons. The normalized spacial score (nSPS) is 24.8. The Labute approximate surface area is 347 Å². The number of likely N-dealkylation sites (tertiary alicyclic amines) is 2. The molecule has 0 unspecified atom stereocenters. The van der Waals surface area contributed by atoms with Crippen LogP contribution in [0.15, 0.2) is 67.3 Å². The van der Waals surface area contributed by atoms with Crippen LogP contribution in [0.1, 0.15) is 83.5 Å². The molecule has 14 heteroatoms. The first-order chi connectivity index (χ1) is 28.6. The Morgan fingerprint density at radius 1 is 1.00 bits per heavy atom. The van der Waals surface area contributed by atoms with Gasteiger partial charge in [0.2, 0.25) is 28.6 Å². The van der Waals surface area contributed by atoms with E-state index in [0.29, 0.717) is 61.0 Å². The zero-order chi connectivity index (χ0) is 41.3. The van der Waals surface area contributed by atoms with Crippen LogP contribution in [0.5, 0.6) is 11.5 Å². The lowest BCUT2D eigenvalue weighted by Crippen LogP contribution is -2.57. The first-order valence-electron chi connectivity index (χ1n) is 21.3. The van der Waals surface area contributed by atoms with Crippen molar-refractivity contribution >= 4 is 45.4 Å². The van der Waals surface area contributed by atoms with Crippen molar-refractivity contribution in [3.05, 3.63) is 67.3 Å². The molecule has 1 aromatic heterocycles. The molecule has 2 aliphatic heterocycles. The molecule has 5 aliphatic rings. The van der Waals surface area contributed by atoms with Crippen LogP contribution in [0.3, 0.4) is 0 Å². The van der Waals surface area contributed by atoms with Gasteiger partial charge >= 0.3 is 0 Å². The van der Waals surface area contributed by atoms with Crippen molar-refractivity contribution in [2.24, 2.45) is 17.8 Å². The molecule has 2 saturated heterocycles. The summed E-state index contributed by atoms with van der Waals surface area (Å²) in [5.74, 6) is -1.18. The number of amides is 4. The maximum atomic E-state index is 15.0. The number of nitrogens with zero attached hydrogens (tertiary/aromatic N) is 4. The van der Waals surface area contributed by atoms with E-state index < -0.39 is 58.3 Å². The summed E-state index contributed by atoms with van der Waals surface area (Å²) in [5, 5.41) is 3.69. The number of methoxy groups -OCH3 is 1. The molecule has 13 nitrogen and oxygen atoms in total. The fraction of sp³-hybridized carbons (Fsp3) is 0.533. The third-order valence-corrected chi connectivity index (χ3v) is 13.9. The van der Waals surface area contributed by atoms with E-state index in [9.17, 15) is 22.8 Å². The summed E-state index contributed by atoms with van der Waals surface area (Å²) >= 11 is 0. The predicted octanol–water partition coefficient (Wildman–Crippen LogP) is 5.44. The number of carbonyl (C=O) groups excluding carboxylic acids is 4. The number of hydrogen-bond donors (Lipinski definition) is 2. The molecule has 5 atom stereocenters. The van der Waals surface area contributed by atoms with Gasteiger partial charge in [0, 0.05) is 66.9 Å². The molecular formula is C45H55N5O8S. The number of fused-ring (bicyclic) bond motifs is 1. The molecule has 3 saturated carbocycles. The van der Waals surface area contributed by atoms with E-state index >= 15 is 4.79 Å². The number of benzene rings is 2. The first kappa shape index (κ1) is 40.8. The third-order valence-electron chi connectivity index (χ3n) is 13.1. The van der Waals surface area contributed by atoms with Crippen LogP contribution >= 0.6 is 0 Å². The smallest absolute Gasteiger partial charge is 0.262 e. The number of ether oxygens (including phenoxy) is 2. The van der Waals surface area contributed by atoms with E-state index in [2.05, 4.69) is 11.9 Å². The van der Waals surface area contributed by atoms with Gasteiger partial charge in [-0.3, -0.25) is 19.2 Å². The van der Waals surface area contributed by atoms with Crippen LogP contribution in [0.25, 0.3) is 22.2 Å². The van der Waals surface area contributed by atoms with Crippen molar-refractivity contribution in [1.82, 2.24) is 24.4 Å². The fourth-order valence-electron chi connectivity index (χ4n) is 9.57. The zero-order valence-electron chi connectivity index (χ0n) is 33.8. The van der Waals surface area contributed by atoms with Crippen LogP contribution in [0, 0.1) is 17.8 Å². The standard InChI is InChI=1S/C45H55N5O8S/c1-3-32-27-45(32,44(54)50(59(55)56)33-16-17-33)47-42(52)39-25-35(58-40-26-37(30-14-6-4-7-15-30)46-38-24-34(57-2)18-19-36(38)40)28-49(39)43(53)31(22-29-12-8-9-13-29)23-41(51)48-20-10-5-11-21-48/h3-4,6-7,14-15,18-19,24,26,29,31-33,35,39,59H,1,5,8-13,16-17,20-23,25,27-28H2,2H3,(H,47,52)/t31-,32+,35-,39+,45-/m1/s1. The lowest BCUT2D eigenvalue weighted by molar-refractivity contribution is -0.146. The van der Waals surface area contributed by atoms with Gasteiger partial charge in [-0.05, 0) is 63.0 Å². The molecule has 3 aliphatic carbocycles. The van der Waals surface area contributed by atoms with Gasteiger partial charge in [0.25, 0.3) is 5.91 Å². The molecule has 3 heterocycles. The van der Waals surface area contributed by atoms with Crippen molar-refractivity contribution in [3.63, 3.8) is 0 Å². The molecule has 3 aromatic rings. The highest BCUT2D eigenvalue weighted by atomic mass is 32.2. The maximum Gasteiger partial charge on any atom is 0.262 e. The summed E-state index contributed by atoms with van der Waals surface area (Å²) in [7, 11) is -1.63. The Morgan fingerprint density at radius 2 is 1.75 bits per heavy atom. The second kappa shape index (κ2) is 17.3. The number of nitrogens with one attached hydrogen (secondary N) is 1. The molecule has 8 rings (SSSR count). The second-order valence-corrected chi connectivity index (χ2v) is 18.0. The highest BCUT2D eigenvalue weighted by molar-refractivity contribution is 7.70. The summed E-state index contributed by atoms with van der Waals surface area (Å²) < 4.78 is 37.9. The Bertz CT molecular complexity index is 2160. The number of aromatic nitrogens is 1. The summed E-state index contributed by atoms with van der Waals surface area (Å²) in [6.45, 7) is 5.30. The van der Waals surface area contributed by atoms with E-state index in [4.69, 9.17) is 14.5 Å². The van der Waals surface area contributed by atoms with Crippen molar-refractivity contribution in [3.8, 4) is 22.8 Å². The second-order valence-electron chi connectivity index (χ2n) is 17.1. The SMILES string of the molecule is C=C[C@H]1C[C@]1(NC(=O)[C@@H]1C[C@@H](Oc2cc(-c3ccccc3)nc3cc(OC)ccc23)CN1C(=O)[C@@H](CC(=O)N1CCCCC1)CC1CCCC1)C(=O)N(C1CC1)[SH](=O)=O. The van der Waals surface area contributed by atoms with Crippen molar-refractivity contribution in [1.29, 1.82) is 0 Å². The number of rotatable bonds is 15. The number of pyridine rings is 1. The number of hydrogen-bond acceptors (Lipinski definition) is 9. The van der Waals surface area contributed by atoms with E-state index in [1.807, 2.05) is 59.5 Å². The lowest BCUT2D eigenvalue weighted by Gasteiger charge is -2.32. The minimum atomic E-state index is -3.22.